The molecule has 0 spiro atoms. The first kappa shape index (κ1) is 15.1. The van der Waals surface area contributed by atoms with Gasteiger partial charge in [0.15, 0.2) is 0 Å². The van der Waals surface area contributed by atoms with Gasteiger partial charge in [-0.05, 0) is 42.8 Å². The number of nitrogens with one attached hydrogen (secondary N) is 1. The van der Waals surface area contributed by atoms with E-state index in [2.05, 4.69) is 21.2 Å². The van der Waals surface area contributed by atoms with Crippen molar-refractivity contribution < 1.29 is 8.78 Å². The first-order valence-corrected chi connectivity index (χ1v) is 7.27. The average molecular weight is 340 g/mol. The second-order valence-corrected chi connectivity index (χ2v) is 5.51. The van der Waals surface area contributed by atoms with Crippen molar-refractivity contribution in [2.24, 2.45) is 0 Å². The summed E-state index contributed by atoms with van der Waals surface area (Å²) in [6.07, 6.45) is 0. The van der Waals surface area contributed by atoms with Crippen LogP contribution in [0.1, 0.15) is 29.7 Å². The molecule has 0 saturated carbocycles. The molecule has 0 saturated heterocycles. The molecule has 2 rings (SSSR count). The maximum absolute atomic E-state index is 14.0. The summed E-state index contributed by atoms with van der Waals surface area (Å²) in [7, 11) is 0. The van der Waals surface area contributed by atoms with Gasteiger partial charge in [-0.25, -0.2) is 8.78 Å². The Labute approximate surface area is 126 Å². The van der Waals surface area contributed by atoms with Gasteiger partial charge < -0.3 is 5.32 Å². The Morgan fingerprint density at radius 3 is 2.35 bits per heavy atom. The number of hydrogen-bond donors (Lipinski definition) is 1. The smallest absolute Gasteiger partial charge is 0.131 e. The Morgan fingerprint density at radius 1 is 1.15 bits per heavy atom. The van der Waals surface area contributed by atoms with E-state index >= 15 is 0 Å². The van der Waals surface area contributed by atoms with Crippen molar-refractivity contribution in [3.05, 3.63) is 69.2 Å². The molecule has 1 nitrogen and oxygen atoms in total. The summed E-state index contributed by atoms with van der Waals surface area (Å²) in [5.41, 5.74) is 1.96. The van der Waals surface area contributed by atoms with E-state index in [0.29, 0.717) is 6.54 Å². The van der Waals surface area contributed by atoms with Crippen LogP contribution in [0.2, 0.25) is 0 Å². The highest BCUT2D eigenvalue weighted by Crippen LogP contribution is 2.32. The van der Waals surface area contributed by atoms with Gasteiger partial charge in [-0.15, -0.1) is 0 Å². The lowest BCUT2D eigenvalue weighted by Crippen LogP contribution is -2.24. The standard InChI is InChI=1S/C16H16BrF2N/c1-3-20-16(11-8-7-10(2)9-12(11)17)15-13(18)5-4-6-14(15)19/h4-9,16,20H,3H2,1-2H3. The Bertz CT molecular complexity index is 593. The van der Waals surface area contributed by atoms with E-state index in [9.17, 15) is 8.78 Å². The van der Waals surface area contributed by atoms with Crippen molar-refractivity contribution in [2.45, 2.75) is 19.9 Å². The highest BCUT2D eigenvalue weighted by Gasteiger charge is 2.22. The van der Waals surface area contributed by atoms with Gasteiger partial charge in [0.25, 0.3) is 0 Å². The third-order valence-electron chi connectivity index (χ3n) is 3.16. The van der Waals surface area contributed by atoms with Gasteiger partial charge in [-0.2, -0.15) is 0 Å². The van der Waals surface area contributed by atoms with Crippen LogP contribution >= 0.6 is 15.9 Å². The first-order valence-electron chi connectivity index (χ1n) is 6.48. The third kappa shape index (κ3) is 3.07. The van der Waals surface area contributed by atoms with Gasteiger partial charge >= 0.3 is 0 Å². The molecule has 20 heavy (non-hydrogen) atoms. The molecule has 0 fully saturated rings. The van der Waals surface area contributed by atoms with E-state index in [1.807, 2.05) is 32.0 Å². The zero-order chi connectivity index (χ0) is 14.7. The van der Waals surface area contributed by atoms with Crippen molar-refractivity contribution in [1.82, 2.24) is 5.32 Å². The molecule has 0 aromatic heterocycles. The molecule has 106 valence electrons. The predicted molar refractivity (Wildman–Crippen MR) is 80.8 cm³/mol. The largest absolute Gasteiger partial charge is 0.306 e. The molecule has 1 atom stereocenters. The normalized spacial score (nSPS) is 12.4. The summed E-state index contributed by atoms with van der Waals surface area (Å²) in [4.78, 5) is 0. The van der Waals surface area contributed by atoms with Gasteiger partial charge in [-0.3, -0.25) is 0 Å². The van der Waals surface area contributed by atoms with Crippen LogP contribution in [0.4, 0.5) is 8.78 Å². The fourth-order valence-corrected chi connectivity index (χ4v) is 2.95. The zero-order valence-electron chi connectivity index (χ0n) is 11.4. The van der Waals surface area contributed by atoms with Crippen LogP contribution in [-0.2, 0) is 0 Å². The first-order chi connectivity index (χ1) is 9.54. The highest BCUT2D eigenvalue weighted by molar-refractivity contribution is 9.10. The topological polar surface area (TPSA) is 12.0 Å². The molecule has 2 aromatic rings. The van der Waals surface area contributed by atoms with Crippen LogP contribution in [0.25, 0.3) is 0 Å². The predicted octanol–water partition coefficient (Wildman–Crippen LogP) is 4.73. The number of hydrogen-bond acceptors (Lipinski definition) is 1. The molecule has 0 radical (unpaired) electrons. The lowest BCUT2D eigenvalue weighted by Gasteiger charge is -2.21. The number of aryl methyl sites for hydroxylation is 1. The van der Waals surface area contributed by atoms with E-state index in [0.717, 1.165) is 15.6 Å². The maximum atomic E-state index is 14.0. The Morgan fingerprint density at radius 2 is 1.80 bits per heavy atom. The average Bonchev–Trinajstić information content (AvgIpc) is 2.38. The molecule has 2 aromatic carbocycles. The molecule has 0 amide bonds. The van der Waals surface area contributed by atoms with Crippen molar-refractivity contribution in [2.75, 3.05) is 6.54 Å². The van der Waals surface area contributed by atoms with Crippen LogP contribution in [0, 0.1) is 18.6 Å². The number of benzene rings is 2. The summed E-state index contributed by atoms with van der Waals surface area (Å²) < 4.78 is 28.9. The molecule has 1 unspecified atom stereocenters. The lowest BCUT2D eigenvalue weighted by molar-refractivity contribution is 0.509. The second-order valence-electron chi connectivity index (χ2n) is 4.65. The maximum Gasteiger partial charge on any atom is 0.131 e. The minimum Gasteiger partial charge on any atom is -0.306 e. The Kier molecular flexibility index (Phi) is 4.89. The highest BCUT2D eigenvalue weighted by atomic mass is 79.9. The number of halogens is 3. The van der Waals surface area contributed by atoms with Gasteiger partial charge in [0.05, 0.1) is 6.04 Å². The summed E-state index contributed by atoms with van der Waals surface area (Å²) in [5, 5.41) is 3.15. The van der Waals surface area contributed by atoms with Gasteiger partial charge in [-0.1, -0.05) is 41.1 Å². The van der Waals surface area contributed by atoms with Crippen molar-refractivity contribution in [3.63, 3.8) is 0 Å². The summed E-state index contributed by atoms with van der Waals surface area (Å²) in [5.74, 6) is -1.08. The fraction of sp³-hybridized carbons (Fsp3) is 0.250. The summed E-state index contributed by atoms with van der Waals surface area (Å²) in [6, 6.07) is 9.19. The Hall–Kier alpha value is -1.26. The monoisotopic (exact) mass is 339 g/mol. The van der Waals surface area contributed by atoms with E-state index in [1.54, 1.807) is 0 Å². The van der Waals surface area contributed by atoms with Crippen molar-refractivity contribution >= 4 is 15.9 Å². The number of rotatable bonds is 4. The Balaban J connectivity index is 2.56. The summed E-state index contributed by atoms with van der Waals surface area (Å²) in [6.45, 7) is 4.49. The zero-order valence-corrected chi connectivity index (χ0v) is 13.0. The SMILES string of the molecule is CCNC(c1ccc(C)cc1Br)c1c(F)cccc1F. The minimum atomic E-state index is -0.538. The van der Waals surface area contributed by atoms with E-state index in [-0.39, 0.29) is 5.56 Å². The molecule has 0 aliphatic carbocycles. The lowest BCUT2D eigenvalue weighted by atomic mass is 9.96. The quantitative estimate of drug-likeness (QED) is 0.848. The van der Waals surface area contributed by atoms with Crippen LogP contribution in [-0.4, -0.2) is 6.54 Å². The summed E-state index contributed by atoms with van der Waals surface area (Å²) >= 11 is 3.48. The van der Waals surface area contributed by atoms with Crippen molar-refractivity contribution in [3.8, 4) is 0 Å². The van der Waals surface area contributed by atoms with Crippen LogP contribution in [0.5, 0.6) is 0 Å². The van der Waals surface area contributed by atoms with Crippen LogP contribution in [0.3, 0.4) is 0 Å². The van der Waals surface area contributed by atoms with E-state index < -0.39 is 17.7 Å². The van der Waals surface area contributed by atoms with Gasteiger partial charge in [0.2, 0.25) is 0 Å². The van der Waals surface area contributed by atoms with Crippen LogP contribution < -0.4 is 5.32 Å². The second kappa shape index (κ2) is 6.46. The van der Waals surface area contributed by atoms with E-state index in [1.165, 1.54) is 18.2 Å². The molecule has 0 aliphatic heterocycles. The van der Waals surface area contributed by atoms with Crippen LogP contribution in [0.15, 0.2) is 40.9 Å². The molecule has 4 heteroatoms. The van der Waals surface area contributed by atoms with Gasteiger partial charge in [0.1, 0.15) is 11.6 Å². The van der Waals surface area contributed by atoms with Gasteiger partial charge in [0, 0.05) is 10.0 Å². The minimum absolute atomic E-state index is 0.0545. The fourth-order valence-electron chi connectivity index (χ4n) is 2.22. The molecule has 0 bridgehead atoms. The molecule has 0 heterocycles. The van der Waals surface area contributed by atoms with Crippen molar-refractivity contribution in [1.29, 1.82) is 0 Å². The van der Waals surface area contributed by atoms with E-state index in [4.69, 9.17) is 0 Å². The molecule has 1 N–H and O–H groups in total. The molecular formula is C16H16BrF2N. The molecular weight excluding hydrogens is 324 g/mol. The molecule has 0 aliphatic rings. The third-order valence-corrected chi connectivity index (χ3v) is 3.85.